The molecule has 2 bridgehead atoms. The molecule has 2 fully saturated rings. The largest absolute Gasteiger partial charge is 0.390 e. The molecular weight excluding hydrogens is 362 g/mol. The average Bonchev–Trinajstić information content (AvgIpc) is 3.41. The Morgan fingerprint density at radius 1 is 1.43 bits per heavy atom. The quantitative estimate of drug-likeness (QED) is 0.602. The van der Waals surface area contributed by atoms with Gasteiger partial charge >= 0.3 is 5.82 Å². The van der Waals surface area contributed by atoms with Crippen molar-refractivity contribution in [2.45, 2.75) is 59.0 Å². The summed E-state index contributed by atoms with van der Waals surface area (Å²) in [6.45, 7) is 5.72. The molecule has 2 heterocycles. The second kappa shape index (κ2) is 7.03. The fourth-order valence-corrected chi connectivity index (χ4v) is 4.94. The van der Waals surface area contributed by atoms with Gasteiger partial charge in [-0.1, -0.05) is 11.6 Å². The van der Waals surface area contributed by atoms with Crippen molar-refractivity contribution in [3.05, 3.63) is 38.9 Å². The lowest BCUT2D eigenvalue weighted by atomic mass is 9.84. The van der Waals surface area contributed by atoms with Crippen LogP contribution in [0.3, 0.4) is 0 Å². The lowest BCUT2D eigenvalue weighted by Crippen LogP contribution is -2.40. The summed E-state index contributed by atoms with van der Waals surface area (Å²) in [7, 11) is 0. The van der Waals surface area contributed by atoms with E-state index in [2.05, 4.69) is 22.5 Å². The van der Waals surface area contributed by atoms with Gasteiger partial charge in [0.1, 0.15) is 5.76 Å². The lowest BCUT2D eigenvalue weighted by molar-refractivity contribution is -0.389. The van der Waals surface area contributed by atoms with Crippen LogP contribution < -0.4 is 5.32 Å². The molecule has 4 atom stereocenters. The first-order chi connectivity index (χ1) is 13.3. The van der Waals surface area contributed by atoms with Gasteiger partial charge in [-0.05, 0) is 62.7 Å². The second-order valence-corrected chi connectivity index (χ2v) is 8.23. The van der Waals surface area contributed by atoms with E-state index in [4.69, 9.17) is 4.52 Å². The van der Waals surface area contributed by atoms with Crippen LogP contribution in [0.2, 0.25) is 0 Å². The number of fused-ring (bicyclic) bond motifs is 2. The Morgan fingerprint density at radius 3 is 2.82 bits per heavy atom. The van der Waals surface area contributed by atoms with E-state index in [1.807, 2.05) is 0 Å². The number of carbonyl (C=O) groups is 1. The van der Waals surface area contributed by atoms with E-state index in [0.29, 0.717) is 28.9 Å². The normalized spacial score (nSPS) is 24.5. The van der Waals surface area contributed by atoms with Gasteiger partial charge in [0, 0.05) is 6.04 Å². The Balaban J connectivity index is 1.50. The molecule has 9 nitrogen and oxygen atoms in total. The molecule has 0 aromatic carbocycles. The summed E-state index contributed by atoms with van der Waals surface area (Å²) in [6, 6.07) is 1.49. The van der Waals surface area contributed by atoms with Gasteiger partial charge in [0.15, 0.2) is 5.69 Å². The van der Waals surface area contributed by atoms with Crippen LogP contribution >= 0.6 is 0 Å². The van der Waals surface area contributed by atoms with E-state index in [-0.39, 0.29) is 30.0 Å². The molecule has 2 aliphatic carbocycles. The van der Waals surface area contributed by atoms with Crippen LogP contribution in [0.5, 0.6) is 0 Å². The predicted octanol–water partition coefficient (Wildman–Crippen LogP) is 3.00. The number of hydrogen-bond donors (Lipinski definition) is 1. The highest BCUT2D eigenvalue weighted by atomic mass is 16.6. The van der Waals surface area contributed by atoms with Crippen molar-refractivity contribution in [3.8, 4) is 0 Å². The number of amides is 1. The molecule has 2 aromatic rings. The van der Waals surface area contributed by atoms with E-state index in [0.717, 1.165) is 5.92 Å². The molecular formula is C19H25N5O4. The first kappa shape index (κ1) is 18.6. The zero-order chi connectivity index (χ0) is 20.0. The van der Waals surface area contributed by atoms with Crippen molar-refractivity contribution >= 4 is 11.7 Å². The Hall–Kier alpha value is -2.71. The fraction of sp³-hybridized carbons (Fsp3) is 0.632. The van der Waals surface area contributed by atoms with Gasteiger partial charge in [-0.15, -0.1) is 0 Å². The Morgan fingerprint density at radius 2 is 2.21 bits per heavy atom. The second-order valence-electron chi connectivity index (χ2n) is 8.23. The summed E-state index contributed by atoms with van der Waals surface area (Å²) < 4.78 is 6.75. The zero-order valence-corrected chi connectivity index (χ0v) is 16.3. The highest BCUT2D eigenvalue weighted by molar-refractivity contribution is 5.94. The smallest absolute Gasteiger partial charge is 0.361 e. The number of aryl methyl sites for hydroxylation is 2. The topological polar surface area (TPSA) is 116 Å². The van der Waals surface area contributed by atoms with E-state index >= 15 is 0 Å². The van der Waals surface area contributed by atoms with E-state index < -0.39 is 4.92 Å². The highest BCUT2D eigenvalue weighted by Gasteiger charge is 2.42. The van der Waals surface area contributed by atoms with Gasteiger partial charge in [-0.25, -0.2) is 0 Å². The maximum Gasteiger partial charge on any atom is 0.390 e. The van der Waals surface area contributed by atoms with Crippen LogP contribution in [0.4, 0.5) is 5.82 Å². The molecule has 2 saturated carbocycles. The third-order valence-electron chi connectivity index (χ3n) is 6.46. The molecule has 0 radical (unpaired) electrons. The number of rotatable bonds is 6. The van der Waals surface area contributed by atoms with Gasteiger partial charge in [-0.2, -0.15) is 4.68 Å². The van der Waals surface area contributed by atoms with Crippen molar-refractivity contribution in [1.29, 1.82) is 0 Å². The van der Waals surface area contributed by atoms with Crippen molar-refractivity contribution in [1.82, 2.24) is 20.3 Å². The van der Waals surface area contributed by atoms with Crippen LogP contribution in [0.1, 0.15) is 60.1 Å². The van der Waals surface area contributed by atoms with Gasteiger partial charge in [0.05, 0.1) is 29.0 Å². The van der Waals surface area contributed by atoms with Crippen LogP contribution in [0.25, 0.3) is 0 Å². The highest BCUT2D eigenvalue weighted by Crippen LogP contribution is 2.49. The minimum absolute atomic E-state index is 0.0835. The Kier molecular flexibility index (Phi) is 4.68. The third kappa shape index (κ3) is 3.29. The standard InChI is InChI=1S/C19H25N5O4/c1-10-6-17(24(26)27)21-23(10)9-16-12(3)28-22-18(16)19(25)20-11(2)15-8-13-4-5-14(15)7-13/h6,11,13-15H,4-5,7-9H2,1-3H3,(H,20,25). The summed E-state index contributed by atoms with van der Waals surface area (Å²) >= 11 is 0. The summed E-state index contributed by atoms with van der Waals surface area (Å²) in [4.78, 5) is 23.3. The SMILES string of the molecule is Cc1onc(C(=O)NC(C)C2CC3CCC2C3)c1Cn1nc([N+](=O)[O-])cc1C. The minimum atomic E-state index is -0.533. The summed E-state index contributed by atoms with van der Waals surface area (Å²) in [5.74, 6) is 2.08. The van der Waals surface area contributed by atoms with Crippen LogP contribution in [0.15, 0.2) is 10.6 Å². The number of aromatic nitrogens is 3. The zero-order valence-electron chi connectivity index (χ0n) is 16.3. The summed E-state index contributed by atoms with van der Waals surface area (Å²) in [6.07, 6.45) is 5.06. The lowest BCUT2D eigenvalue weighted by Gasteiger charge is -2.28. The first-order valence-corrected chi connectivity index (χ1v) is 9.78. The number of nitro groups is 1. The van der Waals surface area contributed by atoms with E-state index in [1.165, 1.54) is 36.4 Å². The molecule has 4 unspecified atom stereocenters. The monoisotopic (exact) mass is 387 g/mol. The molecule has 1 N–H and O–H groups in total. The minimum Gasteiger partial charge on any atom is -0.361 e. The van der Waals surface area contributed by atoms with Crippen LogP contribution in [0, 0.1) is 41.7 Å². The van der Waals surface area contributed by atoms with Crippen LogP contribution in [-0.2, 0) is 6.54 Å². The van der Waals surface area contributed by atoms with E-state index in [9.17, 15) is 14.9 Å². The van der Waals surface area contributed by atoms with Crippen molar-refractivity contribution < 1.29 is 14.2 Å². The molecule has 1 amide bonds. The molecule has 0 aliphatic heterocycles. The Bertz CT molecular complexity index is 918. The molecule has 9 heteroatoms. The van der Waals surface area contributed by atoms with Crippen LogP contribution in [-0.4, -0.2) is 31.8 Å². The molecule has 0 spiro atoms. The maximum absolute atomic E-state index is 12.9. The molecule has 0 saturated heterocycles. The first-order valence-electron chi connectivity index (χ1n) is 9.78. The molecule has 28 heavy (non-hydrogen) atoms. The van der Waals surface area contributed by atoms with Gasteiger partial charge in [-0.3, -0.25) is 4.79 Å². The van der Waals surface area contributed by atoms with E-state index in [1.54, 1.807) is 13.8 Å². The third-order valence-corrected chi connectivity index (χ3v) is 6.46. The van der Waals surface area contributed by atoms with Gasteiger partial charge < -0.3 is 20.0 Å². The van der Waals surface area contributed by atoms with Gasteiger partial charge in [0.25, 0.3) is 5.91 Å². The average molecular weight is 387 g/mol. The van der Waals surface area contributed by atoms with Crippen molar-refractivity contribution in [3.63, 3.8) is 0 Å². The number of nitrogens with one attached hydrogen (secondary N) is 1. The summed E-state index contributed by atoms with van der Waals surface area (Å²) in [5, 5.41) is 22.0. The fourth-order valence-electron chi connectivity index (χ4n) is 4.94. The molecule has 2 aliphatic rings. The van der Waals surface area contributed by atoms with Crippen molar-refractivity contribution in [2.24, 2.45) is 17.8 Å². The van der Waals surface area contributed by atoms with Gasteiger partial charge in [0.2, 0.25) is 0 Å². The maximum atomic E-state index is 12.9. The molecule has 150 valence electrons. The number of carbonyl (C=O) groups excluding carboxylic acids is 1. The predicted molar refractivity (Wildman–Crippen MR) is 99.8 cm³/mol. The van der Waals surface area contributed by atoms with Crippen molar-refractivity contribution in [2.75, 3.05) is 0 Å². The number of nitrogens with zero attached hydrogens (tertiary/aromatic N) is 4. The summed E-state index contributed by atoms with van der Waals surface area (Å²) in [5.41, 5.74) is 1.46. The Labute approximate surface area is 162 Å². The molecule has 4 rings (SSSR count). The number of hydrogen-bond acceptors (Lipinski definition) is 6. The molecule has 2 aromatic heterocycles.